The molecule has 1 unspecified atom stereocenters. The van der Waals surface area contributed by atoms with Crippen LogP contribution in [-0.4, -0.2) is 50.1 Å². The minimum Gasteiger partial charge on any atom is -0.466 e. The molecule has 0 aliphatic heterocycles. The smallest absolute Gasteiger partial charge is 0.309 e. The zero-order valence-corrected chi connectivity index (χ0v) is 19.3. The Balaban J connectivity index is 2.91. The topological polar surface area (TPSA) is 134 Å². The van der Waals surface area contributed by atoms with Crippen LogP contribution in [0.15, 0.2) is 30.3 Å². The number of nitrogens with one attached hydrogen (secondary N) is 1. The van der Waals surface area contributed by atoms with Gasteiger partial charge in [-0.05, 0) is 24.8 Å². The van der Waals surface area contributed by atoms with E-state index in [9.17, 15) is 18.9 Å². The van der Waals surface area contributed by atoms with E-state index in [0.29, 0.717) is 0 Å². The number of ether oxygens (including phenoxy) is 2. The molecule has 9 nitrogen and oxygen atoms in total. The van der Waals surface area contributed by atoms with Crippen molar-refractivity contribution in [2.75, 3.05) is 32.2 Å². The van der Waals surface area contributed by atoms with Crippen molar-refractivity contribution in [3.05, 3.63) is 35.9 Å². The third-order valence-electron chi connectivity index (χ3n) is 4.38. The lowest BCUT2D eigenvalue weighted by Gasteiger charge is -2.25. The van der Waals surface area contributed by atoms with Crippen LogP contribution < -0.4 is 11.1 Å². The highest BCUT2D eigenvalue weighted by atomic mass is 31.2. The van der Waals surface area contributed by atoms with Crippen molar-refractivity contribution in [2.45, 2.75) is 33.8 Å². The molecule has 0 saturated heterocycles. The van der Waals surface area contributed by atoms with Crippen LogP contribution in [0.5, 0.6) is 0 Å². The number of nitrogens with two attached hydrogens (primary N) is 1. The lowest BCUT2D eigenvalue weighted by atomic mass is 9.98. The molecule has 0 fully saturated rings. The standard InChI is InChI=1S/C21H33N2O7P/c1-4-30-31(27,15-23-20(25)11-22)14-19(10-16(2)12-28-17(3)24)21(26)29-13-18-8-6-5-7-9-18/h5-9,16,19H,4,10-15,22H2,1-3H3,(H,23,25)/t16-,19+,31?/m0/s1. The van der Waals surface area contributed by atoms with Crippen LogP contribution in [0, 0.1) is 11.8 Å². The van der Waals surface area contributed by atoms with E-state index in [1.165, 1.54) is 6.92 Å². The van der Waals surface area contributed by atoms with Gasteiger partial charge < -0.3 is 25.0 Å². The summed E-state index contributed by atoms with van der Waals surface area (Å²) >= 11 is 0. The molecule has 0 heterocycles. The largest absolute Gasteiger partial charge is 0.466 e. The van der Waals surface area contributed by atoms with Crippen LogP contribution in [0.1, 0.15) is 32.8 Å². The summed E-state index contributed by atoms with van der Waals surface area (Å²) in [5, 5.41) is 2.48. The second-order valence-electron chi connectivity index (χ2n) is 7.31. The zero-order valence-electron chi connectivity index (χ0n) is 18.4. The van der Waals surface area contributed by atoms with Crippen LogP contribution in [0.25, 0.3) is 0 Å². The summed E-state index contributed by atoms with van der Waals surface area (Å²) in [6, 6.07) is 9.20. The molecule has 3 N–H and O–H groups in total. The highest BCUT2D eigenvalue weighted by molar-refractivity contribution is 7.59. The van der Waals surface area contributed by atoms with Gasteiger partial charge in [0.05, 0.1) is 32.0 Å². The Hall–Kier alpha value is -2.22. The Morgan fingerprint density at radius 2 is 1.84 bits per heavy atom. The fourth-order valence-corrected chi connectivity index (χ4v) is 5.10. The van der Waals surface area contributed by atoms with Gasteiger partial charge >= 0.3 is 11.9 Å². The molecule has 0 aromatic heterocycles. The molecule has 0 bridgehead atoms. The van der Waals surface area contributed by atoms with Crippen molar-refractivity contribution in [1.29, 1.82) is 0 Å². The average molecular weight is 456 g/mol. The Kier molecular flexibility index (Phi) is 12.1. The molecule has 1 aromatic carbocycles. The van der Waals surface area contributed by atoms with Gasteiger partial charge in [0.15, 0.2) is 0 Å². The SMILES string of the molecule is CCOP(=O)(CNC(=O)CN)C[C@@H](C[C@H](C)COC(C)=O)C(=O)OCc1ccccc1. The summed E-state index contributed by atoms with van der Waals surface area (Å²) in [7, 11) is -3.38. The van der Waals surface area contributed by atoms with Gasteiger partial charge in [-0.15, -0.1) is 0 Å². The van der Waals surface area contributed by atoms with Gasteiger partial charge in [0, 0.05) is 13.1 Å². The first-order valence-electron chi connectivity index (χ1n) is 10.2. The van der Waals surface area contributed by atoms with E-state index in [2.05, 4.69) is 5.32 Å². The number of hydrogen-bond donors (Lipinski definition) is 2. The zero-order chi connectivity index (χ0) is 23.3. The van der Waals surface area contributed by atoms with Gasteiger partial charge in [-0.25, -0.2) is 0 Å². The molecule has 174 valence electrons. The first-order chi connectivity index (χ1) is 14.7. The maximum absolute atomic E-state index is 13.3. The van der Waals surface area contributed by atoms with Crippen LogP contribution in [-0.2, 0) is 39.6 Å². The summed E-state index contributed by atoms with van der Waals surface area (Å²) in [5.41, 5.74) is 6.11. The summed E-state index contributed by atoms with van der Waals surface area (Å²) in [5.74, 6) is -2.34. The summed E-state index contributed by atoms with van der Waals surface area (Å²) < 4.78 is 29.2. The molecule has 3 atom stereocenters. The van der Waals surface area contributed by atoms with Crippen molar-refractivity contribution < 1.29 is 32.9 Å². The van der Waals surface area contributed by atoms with E-state index in [-0.39, 0.29) is 51.2 Å². The molecular formula is C21H33N2O7P. The third-order valence-corrected chi connectivity index (χ3v) is 6.75. The third kappa shape index (κ3) is 11.1. The average Bonchev–Trinajstić information content (AvgIpc) is 2.74. The molecule has 31 heavy (non-hydrogen) atoms. The van der Waals surface area contributed by atoms with Gasteiger partial charge in [-0.1, -0.05) is 37.3 Å². The van der Waals surface area contributed by atoms with E-state index in [0.717, 1.165) is 5.56 Å². The summed E-state index contributed by atoms with van der Waals surface area (Å²) in [4.78, 5) is 35.5. The predicted molar refractivity (Wildman–Crippen MR) is 116 cm³/mol. The number of amides is 1. The van der Waals surface area contributed by atoms with Crippen LogP contribution >= 0.6 is 7.37 Å². The Bertz CT molecular complexity index is 757. The number of hydrogen-bond acceptors (Lipinski definition) is 8. The maximum atomic E-state index is 13.3. The fraction of sp³-hybridized carbons (Fsp3) is 0.571. The first-order valence-corrected chi connectivity index (χ1v) is 12.2. The molecule has 0 spiro atoms. The van der Waals surface area contributed by atoms with Crippen LogP contribution in [0.3, 0.4) is 0 Å². The highest BCUT2D eigenvalue weighted by Crippen LogP contribution is 2.48. The molecule has 1 aromatic rings. The number of esters is 2. The number of rotatable bonds is 14. The number of benzene rings is 1. The van der Waals surface area contributed by atoms with Crippen molar-refractivity contribution in [2.24, 2.45) is 17.6 Å². The molecule has 1 amide bonds. The molecule has 0 radical (unpaired) electrons. The van der Waals surface area contributed by atoms with Gasteiger partial charge in [-0.3, -0.25) is 18.9 Å². The molecule has 10 heteroatoms. The number of carbonyl (C=O) groups excluding carboxylic acids is 3. The summed E-state index contributed by atoms with van der Waals surface area (Å²) in [6.45, 7) is 4.93. The second kappa shape index (κ2) is 14.0. The van der Waals surface area contributed by atoms with Gasteiger partial charge in [-0.2, -0.15) is 0 Å². The summed E-state index contributed by atoms with van der Waals surface area (Å²) in [6.07, 6.45) is -0.0514. The van der Waals surface area contributed by atoms with E-state index in [1.54, 1.807) is 6.92 Å². The molecule has 0 saturated carbocycles. The van der Waals surface area contributed by atoms with E-state index in [1.807, 2.05) is 37.3 Å². The Morgan fingerprint density at radius 3 is 2.42 bits per heavy atom. The van der Waals surface area contributed by atoms with E-state index >= 15 is 0 Å². The number of carbonyl (C=O) groups is 3. The Labute approximate surface area is 183 Å². The lowest BCUT2D eigenvalue weighted by Crippen LogP contribution is -2.33. The molecule has 0 aliphatic carbocycles. The van der Waals surface area contributed by atoms with E-state index < -0.39 is 31.1 Å². The first kappa shape index (κ1) is 26.8. The highest BCUT2D eigenvalue weighted by Gasteiger charge is 2.34. The van der Waals surface area contributed by atoms with Crippen LogP contribution in [0.2, 0.25) is 0 Å². The second-order valence-corrected chi connectivity index (χ2v) is 9.88. The van der Waals surface area contributed by atoms with Crippen LogP contribution in [0.4, 0.5) is 0 Å². The molecule has 0 aliphatic rings. The fourth-order valence-electron chi connectivity index (χ4n) is 2.92. The van der Waals surface area contributed by atoms with Gasteiger partial charge in [0.1, 0.15) is 6.61 Å². The van der Waals surface area contributed by atoms with Gasteiger partial charge in [0.25, 0.3) is 0 Å². The monoisotopic (exact) mass is 456 g/mol. The molecular weight excluding hydrogens is 423 g/mol. The van der Waals surface area contributed by atoms with E-state index in [4.69, 9.17) is 19.7 Å². The minimum atomic E-state index is -3.38. The van der Waals surface area contributed by atoms with Crippen molar-refractivity contribution in [3.8, 4) is 0 Å². The lowest BCUT2D eigenvalue weighted by molar-refractivity contribution is -0.150. The van der Waals surface area contributed by atoms with Crippen molar-refractivity contribution in [3.63, 3.8) is 0 Å². The minimum absolute atomic E-state index is 0.0807. The van der Waals surface area contributed by atoms with Crippen molar-refractivity contribution >= 4 is 25.2 Å². The van der Waals surface area contributed by atoms with Gasteiger partial charge in [0.2, 0.25) is 13.3 Å². The normalized spacial score (nSPS) is 14.7. The maximum Gasteiger partial charge on any atom is 0.309 e. The Morgan fingerprint density at radius 1 is 1.16 bits per heavy atom. The predicted octanol–water partition coefficient (Wildman–Crippen LogP) is 2.28. The molecule has 1 rings (SSSR count). The van der Waals surface area contributed by atoms with Crippen molar-refractivity contribution in [1.82, 2.24) is 5.32 Å². The quantitative estimate of drug-likeness (QED) is 0.322.